The number of aromatic nitrogens is 1. The van der Waals surface area contributed by atoms with Gasteiger partial charge in [-0.2, -0.15) is 0 Å². The van der Waals surface area contributed by atoms with Crippen molar-refractivity contribution < 1.29 is 12.9 Å². The quantitative estimate of drug-likeness (QED) is 0.869. The Morgan fingerprint density at radius 2 is 2.33 bits per heavy atom. The lowest BCUT2D eigenvalue weighted by atomic mass is 10.0. The van der Waals surface area contributed by atoms with Crippen molar-refractivity contribution in [3.05, 3.63) is 17.5 Å². The van der Waals surface area contributed by atoms with Gasteiger partial charge in [0.15, 0.2) is 0 Å². The number of aryl methyl sites for hydroxylation is 1. The minimum atomic E-state index is -3.43. The molecule has 0 radical (unpaired) electrons. The molecule has 0 aromatic carbocycles. The predicted octanol–water partition coefficient (Wildman–Crippen LogP) is 0.626. The largest absolute Gasteiger partial charge is 0.361 e. The number of likely N-dealkylation sites (tertiary alicyclic amines) is 1. The molecule has 1 aliphatic heterocycles. The summed E-state index contributed by atoms with van der Waals surface area (Å²) in [5, 5.41) is 8.89. The third-order valence-electron chi connectivity index (χ3n) is 3.40. The third kappa shape index (κ3) is 3.54. The molecule has 1 fully saturated rings. The molecule has 1 saturated heterocycles. The van der Waals surface area contributed by atoms with Gasteiger partial charge in [0.1, 0.15) is 5.76 Å². The Labute approximate surface area is 107 Å². The number of piperidine rings is 1. The van der Waals surface area contributed by atoms with Crippen LogP contribution in [0.15, 0.2) is 10.7 Å². The molecule has 0 saturated carbocycles. The zero-order valence-corrected chi connectivity index (χ0v) is 11.3. The van der Waals surface area contributed by atoms with Crippen LogP contribution < -0.4 is 5.14 Å². The highest BCUT2D eigenvalue weighted by molar-refractivity contribution is 7.89. The van der Waals surface area contributed by atoms with E-state index in [0.717, 1.165) is 37.1 Å². The van der Waals surface area contributed by atoms with E-state index in [4.69, 9.17) is 9.66 Å². The summed E-state index contributed by atoms with van der Waals surface area (Å²) in [4.78, 5) is 2.16. The highest BCUT2D eigenvalue weighted by Gasteiger charge is 2.26. The molecule has 0 amide bonds. The maximum Gasteiger partial charge on any atom is 0.210 e. The van der Waals surface area contributed by atoms with E-state index in [2.05, 4.69) is 10.1 Å². The summed E-state index contributed by atoms with van der Waals surface area (Å²) in [7, 11) is -3.43. The van der Waals surface area contributed by atoms with Gasteiger partial charge in [0, 0.05) is 18.2 Å². The monoisotopic (exact) mass is 273 g/mol. The van der Waals surface area contributed by atoms with E-state index in [1.807, 2.05) is 6.92 Å². The summed E-state index contributed by atoms with van der Waals surface area (Å²) in [6.45, 7) is 3.43. The molecule has 1 atom stereocenters. The van der Waals surface area contributed by atoms with Gasteiger partial charge in [-0.15, -0.1) is 0 Å². The molecule has 2 rings (SSSR count). The maximum absolute atomic E-state index is 11.2. The smallest absolute Gasteiger partial charge is 0.210 e. The second kappa shape index (κ2) is 5.38. The standard InChI is InChI=1S/C11H19N3O3S/c1-9-10(6-13-17-9)7-14-5-3-2-4-11(14)8-18(12,15)16/h6,11H,2-5,7-8H2,1H3,(H2,12,15,16). The highest BCUT2D eigenvalue weighted by Crippen LogP contribution is 2.21. The normalized spacial score (nSPS) is 22.2. The lowest BCUT2D eigenvalue weighted by Gasteiger charge is -2.34. The Balaban J connectivity index is 2.06. The minimum Gasteiger partial charge on any atom is -0.361 e. The molecular formula is C11H19N3O3S. The van der Waals surface area contributed by atoms with Gasteiger partial charge in [0.2, 0.25) is 10.0 Å². The Bertz CT molecular complexity index is 497. The molecule has 1 aromatic rings. The number of hydrogen-bond donors (Lipinski definition) is 1. The van der Waals surface area contributed by atoms with Gasteiger partial charge in [-0.3, -0.25) is 4.90 Å². The molecule has 1 unspecified atom stereocenters. The fourth-order valence-corrected chi connectivity index (χ4v) is 3.33. The molecule has 2 heterocycles. The molecule has 0 aliphatic carbocycles. The van der Waals surface area contributed by atoms with Gasteiger partial charge in [-0.1, -0.05) is 11.6 Å². The van der Waals surface area contributed by atoms with Gasteiger partial charge in [0.25, 0.3) is 0 Å². The molecule has 0 bridgehead atoms. The molecule has 7 heteroatoms. The van der Waals surface area contributed by atoms with Crippen molar-refractivity contribution in [2.24, 2.45) is 5.14 Å². The van der Waals surface area contributed by atoms with Crippen LogP contribution in [-0.4, -0.2) is 36.8 Å². The molecule has 6 nitrogen and oxygen atoms in total. The van der Waals surface area contributed by atoms with Crippen molar-refractivity contribution in [3.8, 4) is 0 Å². The van der Waals surface area contributed by atoms with Crippen molar-refractivity contribution in [1.29, 1.82) is 0 Å². The van der Waals surface area contributed by atoms with Crippen molar-refractivity contribution in [2.45, 2.75) is 38.8 Å². The molecule has 0 spiro atoms. The fraction of sp³-hybridized carbons (Fsp3) is 0.727. The van der Waals surface area contributed by atoms with Gasteiger partial charge in [-0.25, -0.2) is 13.6 Å². The van der Waals surface area contributed by atoms with Crippen LogP contribution in [0, 0.1) is 6.92 Å². The molecular weight excluding hydrogens is 254 g/mol. The van der Waals surface area contributed by atoms with Crippen LogP contribution in [-0.2, 0) is 16.6 Å². The third-order valence-corrected chi connectivity index (χ3v) is 4.25. The summed E-state index contributed by atoms with van der Waals surface area (Å²) < 4.78 is 27.5. The Kier molecular flexibility index (Phi) is 4.04. The van der Waals surface area contributed by atoms with E-state index >= 15 is 0 Å². The van der Waals surface area contributed by atoms with Crippen LogP contribution in [0.5, 0.6) is 0 Å². The first-order valence-corrected chi connectivity index (χ1v) is 7.82. The van der Waals surface area contributed by atoms with Crippen LogP contribution in [0.4, 0.5) is 0 Å². The average Bonchev–Trinajstić information content (AvgIpc) is 2.65. The molecule has 2 N–H and O–H groups in total. The van der Waals surface area contributed by atoms with Crippen molar-refractivity contribution in [3.63, 3.8) is 0 Å². The zero-order valence-electron chi connectivity index (χ0n) is 10.5. The summed E-state index contributed by atoms with van der Waals surface area (Å²) >= 11 is 0. The van der Waals surface area contributed by atoms with E-state index in [9.17, 15) is 8.42 Å². The predicted molar refractivity (Wildman–Crippen MR) is 67.3 cm³/mol. The number of hydrogen-bond acceptors (Lipinski definition) is 5. The van der Waals surface area contributed by atoms with Crippen LogP contribution in [0.3, 0.4) is 0 Å². The Hall–Kier alpha value is -0.920. The second-order valence-electron chi connectivity index (χ2n) is 4.86. The molecule has 102 valence electrons. The van der Waals surface area contributed by atoms with Crippen LogP contribution >= 0.6 is 0 Å². The van der Waals surface area contributed by atoms with Gasteiger partial charge in [0.05, 0.1) is 11.9 Å². The van der Waals surface area contributed by atoms with E-state index in [-0.39, 0.29) is 11.8 Å². The number of nitrogens with two attached hydrogens (primary N) is 1. The Morgan fingerprint density at radius 3 is 2.94 bits per heavy atom. The number of nitrogens with zero attached hydrogens (tertiary/aromatic N) is 2. The summed E-state index contributed by atoms with van der Waals surface area (Å²) in [5.41, 5.74) is 1.01. The van der Waals surface area contributed by atoms with E-state index in [1.54, 1.807) is 6.20 Å². The van der Waals surface area contributed by atoms with E-state index < -0.39 is 10.0 Å². The van der Waals surface area contributed by atoms with Gasteiger partial charge < -0.3 is 4.52 Å². The lowest BCUT2D eigenvalue weighted by molar-refractivity contribution is 0.153. The van der Waals surface area contributed by atoms with Gasteiger partial charge >= 0.3 is 0 Å². The zero-order chi connectivity index (χ0) is 13.2. The number of rotatable bonds is 4. The first-order valence-electron chi connectivity index (χ1n) is 6.10. The van der Waals surface area contributed by atoms with E-state index in [1.165, 1.54) is 0 Å². The van der Waals surface area contributed by atoms with Crippen LogP contribution in [0.2, 0.25) is 0 Å². The summed E-state index contributed by atoms with van der Waals surface area (Å²) in [5.74, 6) is 0.812. The van der Waals surface area contributed by atoms with Crippen LogP contribution in [0.1, 0.15) is 30.6 Å². The van der Waals surface area contributed by atoms with Crippen molar-refractivity contribution >= 4 is 10.0 Å². The van der Waals surface area contributed by atoms with Crippen LogP contribution in [0.25, 0.3) is 0 Å². The summed E-state index contributed by atoms with van der Waals surface area (Å²) in [6.07, 6.45) is 4.71. The first kappa shape index (κ1) is 13.5. The topological polar surface area (TPSA) is 89.4 Å². The first-order chi connectivity index (χ1) is 8.46. The SMILES string of the molecule is Cc1oncc1CN1CCCCC1CS(N)(=O)=O. The van der Waals surface area contributed by atoms with E-state index in [0.29, 0.717) is 6.54 Å². The minimum absolute atomic E-state index is 0.00282. The van der Waals surface area contributed by atoms with Crippen molar-refractivity contribution in [2.75, 3.05) is 12.3 Å². The fourth-order valence-electron chi connectivity index (χ4n) is 2.41. The molecule has 18 heavy (non-hydrogen) atoms. The molecule has 1 aliphatic rings. The maximum atomic E-state index is 11.2. The Morgan fingerprint density at radius 1 is 1.56 bits per heavy atom. The average molecular weight is 273 g/mol. The summed E-state index contributed by atoms with van der Waals surface area (Å²) in [6, 6.07) is 0.00282. The van der Waals surface area contributed by atoms with Crippen molar-refractivity contribution in [1.82, 2.24) is 10.1 Å². The number of sulfonamides is 1. The lowest BCUT2D eigenvalue weighted by Crippen LogP contribution is -2.44. The molecule has 1 aromatic heterocycles. The number of primary sulfonamides is 1. The second-order valence-corrected chi connectivity index (χ2v) is 6.52. The highest BCUT2D eigenvalue weighted by atomic mass is 32.2. The van der Waals surface area contributed by atoms with Gasteiger partial charge in [-0.05, 0) is 26.3 Å².